The maximum Gasteiger partial charge on any atom is 0.413 e. The van der Waals surface area contributed by atoms with Crippen molar-refractivity contribution in [3.8, 4) is 0 Å². The molecule has 7 nitrogen and oxygen atoms in total. The minimum absolute atomic E-state index is 0.0747. The molecule has 3 atom stereocenters. The summed E-state index contributed by atoms with van der Waals surface area (Å²) in [6.07, 6.45) is 0.587. The number of nitrogens with one attached hydrogen (secondary N) is 1. The number of carbonyl (C=O) groups is 1. The van der Waals surface area contributed by atoms with Gasteiger partial charge >= 0.3 is 6.09 Å². The Morgan fingerprint density at radius 1 is 1.33 bits per heavy atom. The molecular formula is C20H28BrFN4O3S. The molecule has 0 spiro atoms. The molecule has 2 aliphatic heterocycles. The van der Waals surface area contributed by atoms with E-state index in [1.807, 2.05) is 0 Å². The highest BCUT2D eigenvalue weighted by Gasteiger charge is 2.57. The van der Waals surface area contributed by atoms with E-state index in [1.54, 1.807) is 41.5 Å². The topological polar surface area (TPSA) is 93.0 Å². The van der Waals surface area contributed by atoms with Gasteiger partial charge in [-0.15, -0.1) is 0 Å². The lowest BCUT2D eigenvalue weighted by molar-refractivity contribution is 0.0560. The molecule has 3 rings (SSSR count). The summed E-state index contributed by atoms with van der Waals surface area (Å²) in [5.41, 5.74) is -1.91. The Bertz CT molecular complexity index is 1030. The number of aliphatic imine (C=N–C) groups is 1. The van der Waals surface area contributed by atoms with E-state index in [2.05, 4.69) is 30.6 Å². The number of hydrogen-bond donors (Lipinski definition) is 1. The lowest BCUT2D eigenvalue weighted by Crippen LogP contribution is -2.62. The average Bonchev–Trinajstić information content (AvgIpc) is 2.60. The fraction of sp³-hybridized carbons (Fsp3) is 0.650. The maximum absolute atomic E-state index is 14.9. The van der Waals surface area contributed by atoms with E-state index in [-0.39, 0.29) is 11.5 Å². The van der Waals surface area contributed by atoms with Gasteiger partial charge in [-0.3, -0.25) is 10.3 Å². The van der Waals surface area contributed by atoms with Crippen LogP contribution in [0.1, 0.15) is 60.1 Å². The van der Waals surface area contributed by atoms with Crippen molar-refractivity contribution in [3.05, 3.63) is 28.2 Å². The minimum atomic E-state index is -2.93. The first-order chi connectivity index (χ1) is 13.7. The number of hydrogen-bond acceptors (Lipinski definition) is 6. The molecule has 0 aromatic carbocycles. The van der Waals surface area contributed by atoms with E-state index in [0.29, 0.717) is 17.6 Å². The first-order valence-corrected chi connectivity index (χ1v) is 12.2. The molecule has 2 aliphatic rings. The van der Waals surface area contributed by atoms with Crippen LogP contribution in [0.5, 0.6) is 0 Å². The van der Waals surface area contributed by atoms with E-state index in [0.717, 1.165) is 6.42 Å². The summed E-state index contributed by atoms with van der Waals surface area (Å²) in [5, 5.41) is 2.12. The molecule has 0 bridgehead atoms. The molecule has 10 heteroatoms. The van der Waals surface area contributed by atoms with Gasteiger partial charge in [-0.05, 0) is 82.4 Å². The van der Waals surface area contributed by atoms with Crippen molar-refractivity contribution in [1.29, 1.82) is 0 Å². The highest BCUT2D eigenvalue weighted by Crippen LogP contribution is 2.47. The Hall–Kier alpha value is -1.55. The van der Waals surface area contributed by atoms with E-state index < -0.39 is 42.8 Å². The highest BCUT2D eigenvalue weighted by molar-refractivity contribution is 9.10. The molecule has 1 aromatic heterocycles. The van der Waals surface area contributed by atoms with Gasteiger partial charge in [0, 0.05) is 6.54 Å². The van der Waals surface area contributed by atoms with Gasteiger partial charge in [0.25, 0.3) is 0 Å². The summed E-state index contributed by atoms with van der Waals surface area (Å²) >= 11 is 3.29. The number of amidine groups is 1. The molecule has 0 aliphatic carbocycles. The first kappa shape index (κ1) is 23.1. The molecule has 0 radical (unpaired) electrons. The summed E-state index contributed by atoms with van der Waals surface area (Å²) in [4.78, 5) is 21.6. The number of aromatic nitrogens is 1. The smallest absolute Gasteiger partial charge is 0.413 e. The predicted octanol–water partition coefficient (Wildman–Crippen LogP) is 4.54. The molecule has 0 saturated carbocycles. The maximum atomic E-state index is 14.9. The number of pyridine rings is 1. The minimum Gasteiger partial charge on any atom is -0.444 e. The van der Waals surface area contributed by atoms with Crippen LogP contribution in [0.4, 0.5) is 9.18 Å². The quantitative estimate of drug-likeness (QED) is 0.570. The van der Waals surface area contributed by atoms with Gasteiger partial charge in [0.05, 0.1) is 15.0 Å². The molecule has 1 amide bonds. The molecular weight excluding hydrogens is 475 g/mol. The van der Waals surface area contributed by atoms with Crippen LogP contribution < -0.4 is 5.32 Å². The second-order valence-electron chi connectivity index (χ2n) is 9.26. The SMILES string of the molecule is CC(C)(C)OC(=O)NC1=N[C@](C)(c2nc(Br)ccc2F)[C@@H]2CCCN=S2(=O)C1(C)C. The number of ether oxygens (including phenoxy) is 1. The third-order valence-corrected chi connectivity index (χ3v) is 9.61. The number of rotatable bonds is 1. The van der Waals surface area contributed by atoms with Crippen molar-refractivity contribution in [2.75, 3.05) is 6.54 Å². The van der Waals surface area contributed by atoms with Crippen LogP contribution >= 0.6 is 15.9 Å². The molecule has 30 heavy (non-hydrogen) atoms. The summed E-state index contributed by atoms with van der Waals surface area (Å²) in [6.45, 7) is 10.9. The largest absolute Gasteiger partial charge is 0.444 e. The zero-order chi connectivity index (χ0) is 22.5. The molecule has 3 heterocycles. The van der Waals surface area contributed by atoms with Gasteiger partial charge in [0.1, 0.15) is 37.8 Å². The number of alkyl carbamates (subject to hydrolysis) is 1. The molecule has 1 aromatic rings. The average molecular weight is 503 g/mol. The van der Waals surface area contributed by atoms with Crippen molar-refractivity contribution in [2.24, 2.45) is 9.36 Å². The third kappa shape index (κ3) is 3.88. The van der Waals surface area contributed by atoms with E-state index in [1.165, 1.54) is 12.1 Å². The van der Waals surface area contributed by atoms with Crippen LogP contribution in [0.25, 0.3) is 0 Å². The van der Waals surface area contributed by atoms with Crippen LogP contribution in [-0.4, -0.2) is 43.3 Å². The van der Waals surface area contributed by atoms with Gasteiger partial charge in [-0.25, -0.2) is 22.7 Å². The van der Waals surface area contributed by atoms with Crippen LogP contribution in [0.2, 0.25) is 0 Å². The van der Waals surface area contributed by atoms with E-state index >= 15 is 0 Å². The van der Waals surface area contributed by atoms with Crippen molar-refractivity contribution < 1.29 is 18.1 Å². The van der Waals surface area contributed by atoms with Crippen molar-refractivity contribution >= 4 is 37.6 Å². The first-order valence-electron chi connectivity index (χ1n) is 9.85. The summed E-state index contributed by atoms with van der Waals surface area (Å²) < 4.78 is 38.5. The van der Waals surface area contributed by atoms with Crippen LogP contribution in [0.15, 0.2) is 26.1 Å². The van der Waals surface area contributed by atoms with Gasteiger partial charge in [-0.1, -0.05) is 0 Å². The predicted molar refractivity (Wildman–Crippen MR) is 119 cm³/mol. The highest BCUT2D eigenvalue weighted by atomic mass is 79.9. The number of fused-ring (bicyclic) bond motifs is 1. The molecule has 166 valence electrons. The summed E-state index contributed by atoms with van der Waals surface area (Å²) in [6, 6.07) is 2.80. The Morgan fingerprint density at radius 3 is 2.63 bits per heavy atom. The number of nitrogens with zero attached hydrogens (tertiary/aromatic N) is 3. The summed E-state index contributed by atoms with van der Waals surface area (Å²) in [7, 11) is -2.93. The second-order valence-corrected chi connectivity index (χ2v) is 13.1. The van der Waals surface area contributed by atoms with Gasteiger partial charge in [0.2, 0.25) is 0 Å². The number of carbonyl (C=O) groups excluding carboxylic acids is 1. The Labute approximate surface area is 185 Å². The fourth-order valence-electron chi connectivity index (χ4n) is 3.97. The molecule has 1 unspecified atom stereocenters. The van der Waals surface area contributed by atoms with Crippen molar-refractivity contribution in [1.82, 2.24) is 10.3 Å². The zero-order valence-corrected chi connectivity index (χ0v) is 20.5. The normalized spacial score (nSPS) is 30.5. The second kappa shape index (κ2) is 7.55. The van der Waals surface area contributed by atoms with Crippen molar-refractivity contribution in [3.63, 3.8) is 0 Å². The van der Waals surface area contributed by atoms with Crippen LogP contribution in [-0.2, 0) is 20.0 Å². The number of halogens is 2. The number of amides is 1. The van der Waals surface area contributed by atoms with Gasteiger partial charge in [0.15, 0.2) is 0 Å². The van der Waals surface area contributed by atoms with E-state index in [4.69, 9.17) is 9.73 Å². The Morgan fingerprint density at radius 2 is 2.00 bits per heavy atom. The van der Waals surface area contributed by atoms with Gasteiger partial charge in [-0.2, -0.15) is 0 Å². The lowest BCUT2D eigenvalue weighted by Gasteiger charge is -2.48. The molecule has 0 fully saturated rings. The standard InChI is InChI=1S/C20H28BrFN4O3S/c1-18(2,3)29-17(27)25-16-19(4,5)30(28)13(8-7-11-23-30)20(6,26-16)15-12(22)9-10-14(21)24-15/h9-10,13H,7-8,11H2,1-6H3,(H,25,26,27)/t13-,20-,30?/m0/s1. The Kier molecular flexibility index (Phi) is 5.81. The third-order valence-electron chi connectivity index (χ3n) is 5.48. The van der Waals surface area contributed by atoms with Crippen molar-refractivity contribution in [2.45, 2.75) is 75.5 Å². The van der Waals surface area contributed by atoms with Gasteiger partial charge < -0.3 is 4.74 Å². The monoisotopic (exact) mass is 502 g/mol. The molecule has 0 saturated heterocycles. The van der Waals surface area contributed by atoms with E-state index in [9.17, 15) is 13.4 Å². The fourth-order valence-corrected chi connectivity index (χ4v) is 7.54. The summed E-state index contributed by atoms with van der Waals surface area (Å²) in [5.74, 6) is -0.388. The molecule has 1 N–H and O–H groups in total. The lowest BCUT2D eigenvalue weighted by atomic mass is 9.89. The Balaban J connectivity index is 2.22. The zero-order valence-electron chi connectivity index (χ0n) is 18.1. The van der Waals surface area contributed by atoms with Crippen LogP contribution in [0.3, 0.4) is 0 Å². The van der Waals surface area contributed by atoms with Crippen LogP contribution in [0, 0.1) is 5.82 Å².